The van der Waals surface area contributed by atoms with E-state index in [1.165, 1.54) is 24.3 Å². The van der Waals surface area contributed by atoms with Gasteiger partial charge in [0.2, 0.25) is 0 Å². The summed E-state index contributed by atoms with van der Waals surface area (Å²) in [7, 11) is 0. The maximum atomic E-state index is 12.6. The molecule has 0 bridgehead atoms. The summed E-state index contributed by atoms with van der Waals surface area (Å²) < 4.78 is 16.9. The molecule has 0 saturated carbocycles. The van der Waals surface area contributed by atoms with Gasteiger partial charge in [0.25, 0.3) is 0 Å². The fourth-order valence-electron chi connectivity index (χ4n) is 1.20. The van der Waals surface area contributed by atoms with Crippen LogP contribution in [0.3, 0.4) is 0 Å². The molecular weight excluding hydrogens is 201 g/mol. The average Bonchev–Trinajstić information content (AvgIpc) is 2.65. The van der Waals surface area contributed by atoms with Crippen molar-refractivity contribution in [1.29, 1.82) is 0 Å². The first-order valence-corrected chi connectivity index (χ1v) is 4.24. The number of aromatic nitrogens is 2. The van der Waals surface area contributed by atoms with Crippen LogP contribution >= 0.6 is 0 Å². The number of rotatable bonds is 2. The predicted molar refractivity (Wildman–Crippen MR) is 49.6 cm³/mol. The van der Waals surface area contributed by atoms with Crippen LogP contribution in [0.5, 0.6) is 0 Å². The first-order chi connectivity index (χ1) is 7.16. The number of hydrogen-bond donors (Lipinski definition) is 2. The fourth-order valence-corrected chi connectivity index (χ4v) is 1.20. The molecule has 1 aromatic heterocycles. The van der Waals surface area contributed by atoms with Crippen molar-refractivity contribution in [2.75, 3.05) is 0 Å². The molecule has 78 valence electrons. The minimum Gasteiger partial charge on any atom is -0.318 e. The Morgan fingerprint density at radius 1 is 1.40 bits per heavy atom. The molecule has 1 aromatic carbocycles. The molecule has 0 aliphatic heterocycles. The molecule has 0 saturated heterocycles. The van der Waals surface area contributed by atoms with Crippen LogP contribution < -0.4 is 11.5 Å². The molecule has 1 heterocycles. The topological polar surface area (TPSA) is 84.9 Å². The highest BCUT2D eigenvalue weighted by Crippen LogP contribution is 2.15. The lowest BCUT2D eigenvalue weighted by atomic mass is 10.1. The molecule has 0 aliphatic carbocycles. The maximum Gasteiger partial charge on any atom is 0.438 e. The number of nitrogens with zero attached hydrogens (tertiary/aromatic N) is 1. The molecule has 1 atom stereocenters. The summed E-state index contributed by atoms with van der Waals surface area (Å²) in [5, 5.41) is 3.45. The highest BCUT2D eigenvalue weighted by atomic mass is 19.1. The van der Waals surface area contributed by atoms with Crippen LogP contribution in [0.15, 0.2) is 33.6 Å². The number of halogens is 1. The third kappa shape index (κ3) is 1.94. The largest absolute Gasteiger partial charge is 0.438 e. The van der Waals surface area contributed by atoms with Crippen LogP contribution in [-0.2, 0) is 0 Å². The lowest BCUT2D eigenvalue weighted by molar-refractivity contribution is 0.379. The number of aromatic amines is 1. The molecule has 0 fully saturated rings. The second kappa shape index (κ2) is 3.66. The summed E-state index contributed by atoms with van der Waals surface area (Å²) in [5.74, 6) is -0.797. The van der Waals surface area contributed by atoms with Gasteiger partial charge in [-0.15, -0.1) is 0 Å². The van der Waals surface area contributed by atoms with Gasteiger partial charge in [0.05, 0.1) is 6.04 Å². The zero-order valence-electron chi connectivity index (χ0n) is 7.61. The molecule has 1 unspecified atom stereocenters. The summed E-state index contributed by atoms with van der Waals surface area (Å²) in [6.45, 7) is 0. The summed E-state index contributed by atoms with van der Waals surface area (Å²) in [4.78, 5) is 13.0. The van der Waals surface area contributed by atoms with E-state index in [-0.39, 0.29) is 11.6 Å². The van der Waals surface area contributed by atoms with Crippen molar-refractivity contribution < 1.29 is 8.91 Å². The number of hydrogen-bond acceptors (Lipinski definition) is 4. The molecule has 3 N–H and O–H groups in total. The van der Waals surface area contributed by atoms with Crippen molar-refractivity contribution in [3.05, 3.63) is 52.0 Å². The minimum atomic E-state index is -0.664. The smallest absolute Gasteiger partial charge is 0.318 e. The van der Waals surface area contributed by atoms with Crippen LogP contribution in [0.2, 0.25) is 0 Å². The van der Waals surface area contributed by atoms with E-state index in [2.05, 4.69) is 14.7 Å². The van der Waals surface area contributed by atoms with Gasteiger partial charge in [-0.3, -0.25) is 9.51 Å². The molecule has 0 radical (unpaired) electrons. The van der Waals surface area contributed by atoms with Crippen LogP contribution in [0.1, 0.15) is 17.4 Å². The van der Waals surface area contributed by atoms with Gasteiger partial charge >= 0.3 is 5.76 Å². The highest BCUT2D eigenvalue weighted by Gasteiger charge is 2.13. The highest BCUT2D eigenvalue weighted by molar-refractivity contribution is 5.23. The van der Waals surface area contributed by atoms with Gasteiger partial charge in [-0.1, -0.05) is 17.3 Å². The maximum absolute atomic E-state index is 12.6. The Morgan fingerprint density at radius 2 is 2.07 bits per heavy atom. The quantitative estimate of drug-likeness (QED) is 0.756. The average molecular weight is 209 g/mol. The van der Waals surface area contributed by atoms with Gasteiger partial charge in [0, 0.05) is 0 Å². The zero-order chi connectivity index (χ0) is 10.8. The Balaban J connectivity index is 2.31. The Kier molecular flexibility index (Phi) is 2.34. The van der Waals surface area contributed by atoms with E-state index in [1.54, 1.807) is 0 Å². The fraction of sp³-hybridized carbons (Fsp3) is 0.111. The predicted octanol–water partition coefficient (Wildman–Crippen LogP) is 0.550. The van der Waals surface area contributed by atoms with Gasteiger partial charge in [-0.2, -0.15) is 0 Å². The van der Waals surface area contributed by atoms with E-state index < -0.39 is 11.8 Å². The van der Waals surface area contributed by atoms with Crippen LogP contribution in [0, 0.1) is 5.82 Å². The summed E-state index contributed by atoms with van der Waals surface area (Å²) in [6.07, 6.45) is 0. The van der Waals surface area contributed by atoms with E-state index in [9.17, 15) is 9.18 Å². The Morgan fingerprint density at radius 3 is 2.60 bits per heavy atom. The Bertz CT molecular complexity index is 503. The van der Waals surface area contributed by atoms with Gasteiger partial charge in [-0.05, 0) is 17.7 Å². The lowest BCUT2D eigenvalue weighted by Gasteiger charge is -2.06. The molecule has 2 rings (SSSR count). The van der Waals surface area contributed by atoms with E-state index in [0.717, 1.165) is 0 Å². The van der Waals surface area contributed by atoms with Crippen molar-refractivity contribution in [2.45, 2.75) is 6.04 Å². The van der Waals surface area contributed by atoms with Crippen molar-refractivity contribution in [3.63, 3.8) is 0 Å². The van der Waals surface area contributed by atoms with Crippen LogP contribution in [-0.4, -0.2) is 10.1 Å². The molecule has 6 heteroatoms. The Labute approximate surface area is 83.7 Å². The molecular formula is C9H8FN3O2. The van der Waals surface area contributed by atoms with Crippen LogP contribution in [0.4, 0.5) is 4.39 Å². The van der Waals surface area contributed by atoms with Crippen LogP contribution in [0.25, 0.3) is 0 Å². The first-order valence-electron chi connectivity index (χ1n) is 4.24. The monoisotopic (exact) mass is 209 g/mol. The number of H-pyrrole nitrogens is 1. The molecule has 2 aromatic rings. The number of nitrogens with two attached hydrogens (primary N) is 1. The van der Waals surface area contributed by atoms with E-state index in [0.29, 0.717) is 5.56 Å². The van der Waals surface area contributed by atoms with Gasteiger partial charge in [-0.25, -0.2) is 9.18 Å². The normalized spacial score (nSPS) is 12.7. The summed E-state index contributed by atoms with van der Waals surface area (Å²) in [5.41, 5.74) is 6.40. The SMILES string of the molecule is NC(c1ccc(F)cc1)c1noc(=O)[nH]1. The molecule has 0 aliphatic rings. The number of nitrogens with one attached hydrogen (secondary N) is 1. The van der Waals surface area contributed by atoms with Crippen molar-refractivity contribution >= 4 is 0 Å². The van der Waals surface area contributed by atoms with Crippen molar-refractivity contribution in [2.24, 2.45) is 5.73 Å². The molecule has 5 nitrogen and oxygen atoms in total. The van der Waals surface area contributed by atoms with Gasteiger partial charge < -0.3 is 5.73 Å². The molecule has 0 spiro atoms. The first kappa shape index (κ1) is 9.60. The van der Waals surface area contributed by atoms with Crippen molar-refractivity contribution in [1.82, 2.24) is 10.1 Å². The van der Waals surface area contributed by atoms with Crippen molar-refractivity contribution in [3.8, 4) is 0 Å². The summed E-state index contributed by atoms with van der Waals surface area (Å²) >= 11 is 0. The molecule has 15 heavy (non-hydrogen) atoms. The number of benzene rings is 1. The second-order valence-corrected chi connectivity index (χ2v) is 3.01. The third-order valence-electron chi connectivity index (χ3n) is 1.98. The zero-order valence-corrected chi connectivity index (χ0v) is 7.61. The second-order valence-electron chi connectivity index (χ2n) is 3.01. The summed E-state index contributed by atoms with van der Waals surface area (Å²) in [6, 6.07) is 4.98. The Hall–Kier alpha value is -1.95. The van der Waals surface area contributed by atoms with E-state index in [4.69, 9.17) is 5.73 Å². The van der Waals surface area contributed by atoms with Gasteiger partial charge in [0.1, 0.15) is 5.82 Å². The third-order valence-corrected chi connectivity index (χ3v) is 1.98. The minimum absolute atomic E-state index is 0.214. The van der Waals surface area contributed by atoms with E-state index in [1.807, 2.05) is 0 Å². The standard InChI is InChI=1S/C9H8FN3O2/c10-6-3-1-5(2-4-6)7(11)8-12-9(14)15-13-8/h1-4,7H,11H2,(H,12,13,14). The van der Waals surface area contributed by atoms with E-state index >= 15 is 0 Å². The molecule has 0 amide bonds. The lowest BCUT2D eigenvalue weighted by Crippen LogP contribution is -2.14. The van der Waals surface area contributed by atoms with Gasteiger partial charge in [0.15, 0.2) is 5.82 Å².